The second kappa shape index (κ2) is 5.99. The molecule has 1 N–H and O–H groups in total. The third-order valence-electron chi connectivity index (χ3n) is 5.21. The molecule has 4 rings (SSSR count). The Morgan fingerprint density at radius 1 is 1.27 bits per heavy atom. The molecular formula is C19H19ClN2O3S. The van der Waals surface area contributed by atoms with E-state index >= 15 is 0 Å². The van der Waals surface area contributed by atoms with Gasteiger partial charge in [-0.1, -0.05) is 17.7 Å². The zero-order chi connectivity index (χ0) is 18.6. The maximum atomic E-state index is 13.0. The Bertz CT molecular complexity index is 1030. The number of hydrogen-bond donors (Lipinski definition) is 1. The summed E-state index contributed by atoms with van der Waals surface area (Å²) < 4.78 is 28.6. The molecule has 0 aliphatic carbocycles. The van der Waals surface area contributed by atoms with E-state index in [1.54, 1.807) is 42.2 Å². The van der Waals surface area contributed by atoms with Crippen LogP contribution in [0.25, 0.3) is 0 Å². The second-order valence-corrected chi connectivity index (χ2v) is 8.94. The van der Waals surface area contributed by atoms with Crippen molar-refractivity contribution in [2.24, 2.45) is 0 Å². The number of sulfonamides is 1. The van der Waals surface area contributed by atoms with E-state index in [1.165, 1.54) is 0 Å². The Kier molecular flexibility index (Phi) is 4.00. The number of nitrogens with zero attached hydrogens (tertiary/aromatic N) is 1. The molecule has 2 aromatic rings. The van der Waals surface area contributed by atoms with Gasteiger partial charge in [-0.3, -0.25) is 9.52 Å². The zero-order valence-electron chi connectivity index (χ0n) is 14.5. The lowest BCUT2D eigenvalue weighted by Gasteiger charge is -2.26. The highest BCUT2D eigenvalue weighted by atomic mass is 35.5. The van der Waals surface area contributed by atoms with Crippen LogP contribution in [0.5, 0.6) is 0 Å². The van der Waals surface area contributed by atoms with Crippen molar-refractivity contribution in [2.45, 2.75) is 37.5 Å². The molecule has 5 nitrogen and oxygen atoms in total. The predicted octanol–water partition coefficient (Wildman–Crippen LogP) is 3.85. The first-order valence-electron chi connectivity index (χ1n) is 8.56. The molecule has 2 aromatic carbocycles. The average Bonchev–Trinajstić information content (AvgIpc) is 2.86. The summed E-state index contributed by atoms with van der Waals surface area (Å²) in [4.78, 5) is 14.4. The van der Waals surface area contributed by atoms with E-state index in [9.17, 15) is 13.2 Å². The summed E-state index contributed by atoms with van der Waals surface area (Å²) in [5.41, 5.74) is 3.77. The molecule has 1 atom stereocenters. The van der Waals surface area contributed by atoms with Gasteiger partial charge in [-0.15, -0.1) is 0 Å². The highest BCUT2D eigenvalue weighted by Crippen LogP contribution is 2.44. The van der Waals surface area contributed by atoms with Crippen molar-refractivity contribution in [3.63, 3.8) is 0 Å². The molecule has 0 saturated carbocycles. The third kappa shape index (κ3) is 2.59. The Balaban J connectivity index is 1.79. The molecule has 2 aliphatic rings. The van der Waals surface area contributed by atoms with Gasteiger partial charge in [0.25, 0.3) is 10.0 Å². The number of halogens is 1. The van der Waals surface area contributed by atoms with Crippen molar-refractivity contribution in [1.29, 1.82) is 0 Å². The molecule has 1 unspecified atom stereocenters. The molecule has 1 amide bonds. The third-order valence-corrected chi connectivity index (χ3v) is 6.97. The number of carbonyl (C=O) groups excluding carboxylic acids is 1. The smallest absolute Gasteiger partial charge is 0.261 e. The van der Waals surface area contributed by atoms with Crippen LogP contribution in [0.1, 0.15) is 36.0 Å². The van der Waals surface area contributed by atoms with Crippen LogP contribution in [0, 0.1) is 6.92 Å². The topological polar surface area (TPSA) is 66.5 Å². The molecule has 0 saturated heterocycles. The minimum Gasteiger partial charge on any atom is -0.311 e. The zero-order valence-corrected chi connectivity index (χ0v) is 16.1. The predicted molar refractivity (Wildman–Crippen MR) is 103 cm³/mol. The van der Waals surface area contributed by atoms with Crippen LogP contribution in [0.3, 0.4) is 0 Å². The van der Waals surface area contributed by atoms with E-state index in [4.69, 9.17) is 11.6 Å². The van der Waals surface area contributed by atoms with Gasteiger partial charge in [0.2, 0.25) is 5.91 Å². The molecule has 136 valence electrons. The molecule has 0 spiro atoms. The molecular weight excluding hydrogens is 372 g/mol. The monoisotopic (exact) mass is 390 g/mol. The number of aryl methyl sites for hydroxylation is 1. The van der Waals surface area contributed by atoms with E-state index < -0.39 is 10.0 Å². The standard InChI is InChI=1S/C19H19ClN2O3S/c1-11-15-10-14(9-13-5-4-8-22(18(13)15)19(11)23)26(24,25)21-17-7-3-6-16(20)12(17)2/h3,6-7,9-11,21H,4-5,8H2,1-2H3. The van der Waals surface area contributed by atoms with E-state index in [0.717, 1.165) is 29.7 Å². The normalized spacial score (nSPS) is 18.8. The summed E-state index contributed by atoms with van der Waals surface area (Å²) in [5.74, 6) is -0.265. The van der Waals surface area contributed by atoms with Crippen molar-refractivity contribution in [3.05, 3.63) is 52.0 Å². The highest BCUT2D eigenvalue weighted by Gasteiger charge is 2.38. The van der Waals surface area contributed by atoms with E-state index in [0.29, 0.717) is 22.8 Å². The van der Waals surface area contributed by atoms with Gasteiger partial charge in [0.1, 0.15) is 0 Å². The minimum absolute atomic E-state index is 0.0501. The van der Waals surface area contributed by atoms with Crippen LogP contribution in [0.2, 0.25) is 5.02 Å². The van der Waals surface area contributed by atoms with E-state index in [2.05, 4.69) is 4.72 Å². The van der Waals surface area contributed by atoms with Gasteiger partial charge >= 0.3 is 0 Å². The fourth-order valence-electron chi connectivity index (χ4n) is 3.74. The number of anilines is 2. The summed E-state index contributed by atoms with van der Waals surface area (Å²) >= 11 is 6.09. The van der Waals surface area contributed by atoms with Gasteiger partial charge in [-0.25, -0.2) is 8.42 Å². The van der Waals surface area contributed by atoms with Crippen molar-refractivity contribution in [2.75, 3.05) is 16.2 Å². The largest absolute Gasteiger partial charge is 0.311 e. The lowest BCUT2D eigenvalue weighted by molar-refractivity contribution is -0.119. The molecule has 2 heterocycles. The van der Waals surface area contributed by atoms with Gasteiger partial charge in [0.15, 0.2) is 0 Å². The van der Waals surface area contributed by atoms with Crippen molar-refractivity contribution in [3.8, 4) is 0 Å². The SMILES string of the molecule is Cc1c(Cl)cccc1NS(=O)(=O)c1cc2c3c(c1)C(C)C(=O)N3CCC2. The van der Waals surface area contributed by atoms with Crippen LogP contribution >= 0.6 is 11.6 Å². The first-order valence-corrected chi connectivity index (χ1v) is 10.4. The lowest BCUT2D eigenvalue weighted by atomic mass is 9.97. The molecule has 0 radical (unpaired) electrons. The van der Waals surface area contributed by atoms with Crippen molar-refractivity contribution < 1.29 is 13.2 Å². The summed E-state index contributed by atoms with van der Waals surface area (Å²) in [6.45, 7) is 4.31. The Morgan fingerprint density at radius 2 is 2.04 bits per heavy atom. The number of hydrogen-bond acceptors (Lipinski definition) is 3. The second-order valence-electron chi connectivity index (χ2n) is 6.85. The lowest BCUT2D eigenvalue weighted by Crippen LogP contribution is -2.32. The number of benzene rings is 2. The molecule has 0 fully saturated rings. The van der Waals surface area contributed by atoms with Crippen LogP contribution in [-0.2, 0) is 21.2 Å². The maximum Gasteiger partial charge on any atom is 0.261 e. The highest BCUT2D eigenvalue weighted by molar-refractivity contribution is 7.92. The first-order chi connectivity index (χ1) is 12.3. The van der Waals surface area contributed by atoms with E-state index in [-0.39, 0.29) is 16.7 Å². The maximum absolute atomic E-state index is 13.0. The quantitative estimate of drug-likeness (QED) is 0.865. The summed E-state index contributed by atoms with van der Waals surface area (Å²) in [7, 11) is -3.78. The number of nitrogens with one attached hydrogen (secondary N) is 1. The number of carbonyl (C=O) groups is 1. The molecule has 26 heavy (non-hydrogen) atoms. The van der Waals surface area contributed by atoms with Gasteiger partial charge in [-0.05, 0) is 67.6 Å². The number of amides is 1. The van der Waals surface area contributed by atoms with Crippen LogP contribution in [0.4, 0.5) is 11.4 Å². The van der Waals surface area contributed by atoms with Gasteiger partial charge in [0, 0.05) is 11.6 Å². The summed E-state index contributed by atoms with van der Waals surface area (Å²) in [5, 5.41) is 0.504. The fraction of sp³-hybridized carbons (Fsp3) is 0.316. The minimum atomic E-state index is -3.78. The Morgan fingerprint density at radius 3 is 2.81 bits per heavy atom. The van der Waals surface area contributed by atoms with Crippen molar-refractivity contribution >= 4 is 38.9 Å². The van der Waals surface area contributed by atoms with Crippen LogP contribution in [-0.4, -0.2) is 20.9 Å². The summed E-state index contributed by atoms with van der Waals surface area (Å²) in [6, 6.07) is 8.44. The molecule has 0 aromatic heterocycles. The average molecular weight is 391 g/mol. The fourth-order valence-corrected chi connectivity index (χ4v) is 5.12. The van der Waals surface area contributed by atoms with Gasteiger partial charge in [-0.2, -0.15) is 0 Å². The Hall–Kier alpha value is -2.05. The molecule has 0 bridgehead atoms. The van der Waals surface area contributed by atoms with Gasteiger partial charge in [0.05, 0.1) is 22.2 Å². The first kappa shape index (κ1) is 17.4. The van der Waals surface area contributed by atoms with Crippen LogP contribution < -0.4 is 9.62 Å². The molecule has 2 aliphatic heterocycles. The van der Waals surface area contributed by atoms with Crippen LogP contribution in [0.15, 0.2) is 35.2 Å². The summed E-state index contributed by atoms with van der Waals surface area (Å²) in [6.07, 6.45) is 1.62. The Labute approximate surface area is 158 Å². The van der Waals surface area contributed by atoms with E-state index in [1.807, 2.05) is 6.92 Å². The van der Waals surface area contributed by atoms with Crippen molar-refractivity contribution in [1.82, 2.24) is 0 Å². The van der Waals surface area contributed by atoms with Gasteiger partial charge < -0.3 is 4.90 Å². The number of rotatable bonds is 3. The molecule has 7 heteroatoms.